The second-order valence-electron chi connectivity index (χ2n) is 4.64. The van der Waals surface area contributed by atoms with Gasteiger partial charge in [0.05, 0.1) is 12.7 Å². The van der Waals surface area contributed by atoms with E-state index in [1.54, 1.807) is 19.1 Å². The van der Waals surface area contributed by atoms with E-state index < -0.39 is 16.0 Å². The van der Waals surface area contributed by atoms with Gasteiger partial charge >= 0.3 is 5.97 Å². The Bertz CT molecular complexity index is 797. The Balaban J connectivity index is 2.35. The number of hydrogen-bond donors (Lipinski definition) is 2. The van der Waals surface area contributed by atoms with Gasteiger partial charge in [-0.15, -0.1) is 0 Å². The summed E-state index contributed by atoms with van der Waals surface area (Å²) in [4.78, 5) is 10.8. The number of carboxylic acid groups (broad SMARTS) is 1. The number of rotatable bonds is 5. The monoisotopic (exact) mass is 321 g/mol. The van der Waals surface area contributed by atoms with Crippen molar-refractivity contribution in [3.8, 4) is 5.75 Å². The first kappa shape index (κ1) is 15.8. The molecule has 0 unspecified atom stereocenters. The zero-order valence-corrected chi connectivity index (χ0v) is 12.8. The average molecular weight is 321 g/mol. The molecule has 0 spiro atoms. The van der Waals surface area contributed by atoms with Crippen molar-refractivity contribution in [3.63, 3.8) is 0 Å². The van der Waals surface area contributed by atoms with Crippen LogP contribution in [0.1, 0.15) is 15.9 Å². The summed E-state index contributed by atoms with van der Waals surface area (Å²) in [6, 6.07) is 10.3. The van der Waals surface area contributed by atoms with Crippen LogP contribution in [0.3, 0.4) is 0 Å². The fourth-order valence-electron chi connectivity index (χ4n) is 1.88. The minimum absolute atomic E-state index is 0.0253. The van der Waals surface area contributed by atoms with Crippen molar-refractivity contribution in [2.45, 2.75) is 11.8 Å². The molecule has 0 fully saturated rings. The Morgan fingerprint density at radius 1 is 1.14 bits per heavy atom. The van der Waals surface area contributed by atoms with Gasteiger partial charge in [0.15, 0.2) is 0 Å². The summed E-state index contributed by atoms with van der Waals surface area (Å²) in [7, 11) is -2.44. The maximum absolute atomic E-state index is 12.4. The summed E-state index contributed by atoms with van der Waals surface area (Å²) in [5.74, 6) is -0.838. The van der Waals surface area contributed by atoms with Crippen molar-refractivity contribution in [1.29, 1.82) is 0 Å². The van der Waals surface area contributed by atoms with E-state index >= 15 is 0 Å². The van der Waals surface area contributed by atoms with E-state index in [0.717, 1.165) is 5.56 Å². The van der Waals surface area contributed by atoms with Crippen LogP contribution in [-0.4, -0.2) is 26.6 Å². The first-order valence-electron chi connectivity index (χ1n) is 6.34. The van der Waals surface area contributed by atoms with Crippen LogP contribution in [0.2, 0.25) is 0 Å². The number of hydrogen-bond acceptors (Lipinski definition) is 4. The molecule has 0 aliphatic carbocycles. The molecule has 116 valence electrons. The van der Waals surface area contributed by atoms with Gasteiger partial charge < -0.3 is 9.84 Å². The molecule has 0 aliphatic rings. The maximum atomic E-state index is 12.4. The van der Waals surface area contributed by atoms with Crippen LogP contribution >= 0.6 is 0 Å². The summed E-state index contributed by atoms with van der Waals surface area (Å²) in [5, 5.41) is 8.83. The van der Waals surface area contributed by atoms with E-state index in [0.29, 0.717) is 0 Å². The molecule has 2 N–H and O–H groups in total. The fraction of sp³-hybridized carbons (Fsp3) is 0.133. The number of carbonyl (C=O) groups is 1. The molecule has 0 saturated carbocycles. The molecule has 0 aromatic heterocycles. The largest absolute Gasteiger partial charge is 0.495 e. The molecule has 0 saturated heterocycles. The van der Waals surface area contributed by atoms with E-state index in [1.165, 1.54) is 37.4 Å². The molecule has 2 aromatic rings. The molecule has 22 heavy (non-hydrogen) atoms. The van der Waals surface area contributed by atoms with E-state index in [9.17, 15) is 13.2 Å². The molecule has 7 heteroatoms. The standard InChI is InChI=1S/C15H15NO5S/c1-10-3-8-13(21-2)14(9-10)22(19,20)16-12-6-4-11(5-7-12)15(17)18/h3-9,16H,1-2H3,(H,17,18). The minimum atomic E-state index is -3.83. The topological polar surface area (TPSA) is 92.7 Å². The quantitative estimate of drug-likeness (QED) is 0.882. The average Bonchev–Trinajstić information content (AvgIpc) is 2.47. The van der Waals surface area contributed by atoms with E-state index in [1.807, 2.05) is 0 Å². The predicted octanol–water partition coefficient (Wildman–Crippen LogP) is 2.50. The third-order valence-corrected chi connectivity index (χ3v) is 4.40. The van der Waals surface area contributed by atoms with Crippen LogP contribution in [0.4, 0.5) is 5.69 Å². The third kappa shape index (κ3) is 3.37. The van der Waals surface area contributed by atoms with Gasteiger partial charge in [0, 0.05) is 5.69 Å². The molecular weight excluding hydrogens is 306 g/mol. The highest BCUT2D eigenvalue weighted by molar-refractivity contribution is 7.92. The van der Waals surface area contributed by atoms with E-state index in [2.05, 4.69) is 4.72 Å². The molecule has 0 amide bonds. The SMILES string of the molecule is COc1ccc(C)cc1S(=O)(=O)Nc1ccc(C(=O)O)cc1. The number of carboxylic acids is 1. The maximum Gasteiger partial charge on any atom is 0.335 e. The number of benzene rings is 2. The van der Waals surface area contributed by atoms with Crippen LogP contribution in [0.5, 0.6) is 5.75 Å². The van der Waals surface area contributed by atoms with Crippen molar-refractivity contribution in [2.24, 2.45) is 0 Å². The van der Waals surface area contributed by atoms with Crippen LogP contribution in [-0.2, 0) is 10.0 Å². The molecule has 0 aliphatic heterocycles. The second kappa shape index (κ2) is 6.07. The van der Waals surface area contributed by atoms with Crippen LogP contribution < -0.4 is 9.46 Å². The van der Waals surface area contributed by atoms with Gasteiger partial charge in [0.25, 0.3) is 10.0 Å². The number of ether oxygens (including phenoxy) is 1. The van der Waals surface area contributed by atoms with Gasteiger partial charge in [-0.2, -0.15) is 0 Å². The first-order valence-corrected chi connectivity index (χ1v) is 7.82. The molecule has 0 radical (unpaired) electrons. The zero-order valence-electron chi connectivity index (χ0n) is 12.0. The highest BCUT2D eigenvalue weighted by atomic mass is 32.2. The van der Waals surface area contributed by atoms with Crippen molar-refractivity contribution in [2.75, 3.05) is 11.8 Å². The second-order valence-corrected chi connectivity index (χ2v) is 6.29. The Hall–Kier alpha value is -2.54. The Morgan fingerprint density at radius 2 is 1.77 bits per heavy atom. The van der Waals surface area contributed by atoms with Crippen LogP contribution in [0.25, 0.3) is 0 Å². The smallest absolute Gasteiger partial charge is 0.335 e. The Morgan fingerprint density at radius 3 is 2.32 bits per heavy atom. The highest BCUT2D eigenvalue weighted by Gasteiger charge is 2.20. The van der Waals surface area contributed by atoms with Crippen molar-refractivity contribution >= 4 is 21.7 Å². The Kier molecular flexibility index (Phi) is 4.37. The first-order chi connectivity index (χ1) is 10.3. The van der Waals surface area contributed by atoms with Crippen molar-refractivity contribution in [3.05, 3.63) is 53.6 Å². The summed E-state index contributed by atoms with van der Waals surface area (Å²) < 4.78 is 32.4. The number of sulfonamides is 1. The van der Waals surface area contributed by atoms with Crippen molar-refractivity contribution in [1.82, 2.24) is 0 Å². The molecule has 0 atom stereocenters. The normalized spacial score (nSPS) is 11.0. The summed E-state index contributed by atoms with van der Waals surface area (Å²) >= 11 is 0. The Labute approximate surface area is 128 Å². The molecule has 6 nitrogen and oxygen atoms in total. The lowest BCUT2D eigenvalue weighted by molar-refractivity contribution is 0.0697. The molecule has 2 rings (SSSR count). The zero-order chi connectivity index (χ0) is 16.3. The number of nitrogens with one attached hydrogen (secondary N) is 1. The summed E-state index contributed by atoms with van der Waals surface area (Å²) in [5.41, 5.74) is 1.13. The number of methoxy groups -OCH3 is 1. The molecule has 2 aromatic carbocycles. The van der Waals surface area contributed by atoms with Crippen LogP contribution in [0, 0.1) is 6.92 Å². The summed E-state index contributed by atoms with van der Waals surface area (Å²) in [6.45, 7) is 1.78. The van der Waals surface area contributed by atoms with Gasteiger partial charge in [-0.1, -0.05) is 6.07 Å². The third-order valence-electron chi connectivity index (χ3n) is 2.99. The lowest BCUT2D eigenvalue weighted by Gasteiger charge is -2.12. The molecule has 0 bridgehead atoms. The predicted molar refractivity (Wildman–Crippen MR) is 81.9 cm³/mol. The van der Waals surface area contributed by atoms with Gasteiger partial charge in [-0.05, 0) is 48.9 Å². The molecular formula is C15H15NO5S. The van der Waals surface area contributed by atoms with Gasteiger partial charge in [0.1, 0.15) is 10.6 Å². The van der Waals surface area contributed by atoms with Gasteiger partial charge in [-0.3, -0.25) is 4.72 Å². The van der Waals surface area contributed by atoms with E-state index in [4.69, 9.17) is 9.84 Å². The van der Waals surface area contributed by atoms with Gasteiger partial charge in [-0.25, -0.2) is 13.2 Å². The minimum Gasteiger partial charge on any atom is -0.495 e. The number of aromatic carboxylic acids is 1. The van der Waals surface area contributed by atoms with Crippen molar-refractivity contribution < 1.29 is 23.1 Å². The lowest BCUT2D eigenvalue weighted by Crippen LogP contribution is -2.14. The number of aryl methyl sites for hydroxylation is 1. The lowest BCUT2D eigenvalue weighted by atomic mass is 10.2. The van der Waals surface area contributed by atoms with E-state index in [-0.39, 0.29) is 21.9 Å². The molecule has 0 heterocycles. The fourth-order valence-corrected chi connectivity index (χ4v) is 3.20. The van der Waals surface area contributed by atoms with Crippen LogP contribution in [0.15, 0.2) is 47.4 Å². The van der Waals surface area contributed by atoms with Gasteiger partial charge in [0.2, 0.25) is 0 Å². The highest BCUT2D eigenvalue weighted by Crippen LogP contribution is 2.26. The summed E-state index contributed by atoms with van der Waals surface area (Å²) in [6.07, 6.45) is 0. The number of anilines is 1.